The van der Waals surface area contributed by atoms with Gasteiger partial charge in [0.2, 0.25) is 0 Å². The number of nitrogen functional groups attached to an aromatic ring is 1. The smallest absolute Gasteiger partial charge is 0.181 e. The number of halogens is 3. The zero-order chi connectivity index (χ0) is 20.3. The van der Waals surface area contributed by atoms with Gasteiger partial charge in [0.15, 0.2) is 10.9 Å². The third-order valence-electron chi connectivity index (χ3n) is 5.11. The predicted octanol–water partition coefficient (Wildman–Crippen LogP) is 3.96. The predicted molar refractivity (Wildman–Crippen MR) is 112 cm³/mol. The van der Waals surface area contributed by atoms with Crippen LogP contribution in [0.5, 0.6) is 0 Å². The zero-order valence-corrected chi connectivity index (χ0v) is 16.6. The van der Waals surface area contributed by atoms with Crippen LogP contribution in [0.2, 0.25) is 5.02 Å². The van der Waals surface area contributed by atoms with Crippen molar-refractivity contribution < 1.29 is 8.78 Å². The third kappa shape index (κ3) is 2.88. The van der Waals surface area contributed by atoms with Crippen LogP contribution in [0.3, 0.4) is 0 Å². The maximum absolute atomic E-state index is 15.6. The van der Waals surface area contributed by atoms with Crippen molar-refractivity contribution in [2.24, 2.45) is 5.73 Å². The summed E-state index contributed by atoms with van der Waals surface area (Å²) in [6, 6.07) is 4.39. The first-order chi connectivity index (χ1) is 13.9. The second kappa shape index (κ2) is 6.72. The van der Waals surface area contributed by atoms with E-state index in [0.29, 0.717) is 23.3 Å². The Morgan fingerprint density at radius 2 is 2.03 bits per heavy atom. The average Bonchev–Trinajstić information content (AvgIpc) is 3.29. The van der Waals surface area contributed by atoms with Gasteiger partial charge in [-0.15, -0.1) is 0 Å². The van der Waals surface area contributed by atoms with E-state index in [9.17, 15) is 4.39 Å². The number of nitrogens with zero attached hydrogens (tertiary/aromatic N) is 4. The monoisotopic (exact) mass is 432 g/mol. The highest BCUT2D eigenvalue weighted by molar-refractivity contribution is 7.22. The van der Waals surface area contributed by atoms with E-state index < -0.39 is 11.6 Å². The second-order valence-corrected chi connectivity index (χ2v) is 8.40. The topological polar surface area (TPSA) is 94.0 Å². The van der Waals surface area contributed by atoms with Gasteiger partial charge in [0, 0.05) is 35.6 Å². The highest BCUT2D eigenvalue weighted by Crippen LogP contribution is 2.42. The van der Waals surface area contributed by atoms with Gasteiger partial charge in [-0.25, -0.2) is 23.7 Å². The van der Waals surface area contributed by atoms with Crippen LogP contribution in [0, 0.1) is 11.6 Å². The first kappa shape index (κ1) is 18.4. The van der Waals surface area contributed by atoms with E-state index in [1.54, 1.807) is 6.07 Å². The van der Waals surface area contributed by atoms with E-state index in [2.05, 4.69) is 15.0 Å². The van der Waals surface area contributed by atoms with E-state index >= 15 is 4.39 Å². The fourth-order valence-electron chi connectivity index (χ4n) is 3.79. The standard InChI is InChI=1S/C19H15ClF2N6S/c20-11-5-10-15(25-7-26-18(10)28-4-3-8(23)6-28)14(22)13(11)9-1-2-12(21)17-16(9)27-19(24)29-17/h1-2,5,7-8H,3-4,6,23H2,(H2,24,27)/t8-/m0/s1. The van der Waals surface area contributed by atoms with Crippen molar-refractivity contribution in [1.82, 2.24) is 15.0 Å². The van der Waals surface area contributed by atoms with Crippen LogP contribution < -0.4 is 16.4 Å². The van der Waals surface area contributed by atoms with Crippen LogP contribution >= 0.6 is 22.9 Å². The summed E-state index contributed by atoms with van der Waals surface area (Å²) in [5, 5.41) is 0.858. The quantitative estimate of drug-likeness (QED) is 0.498. The molecule has 3 heterocycles. The molecule has 0 bridgehead atoms. The molecular weight excluding hydrogens is 418 g/mol. The van der Waals surface area contributed by atoms with Crippen LogP contribution in [0.15, 0.2) is 24.5 Å². The number of anilines is 2. The Labute approximate surface area is 173 Å². The Kier molecular flexibility index (Phi) is 4.27. The number of hydrogen-bond donors (Lipinski definition) is 2. The fourth-order valence-corrected chi connectivity index (χ4v) is 4.85. The molecule has 0 spiro atoms. The van der Waals surface area contributed by atoms with Crippen molar-refractivity contribution >= 4 is 55.0 Å². The summed E-state index contributed by atoms with van der Waals surface area (Å²) >= 11 is 7.51. The Balaban J connectivity index is 1.76. The van der Waals surface area contributed by atoms with E-state index in [-0.39, 0.29) is 37.5 Å². The third-order valence-corrected chi connectivity index (χ3v) is 6.30. The number of aromatic nitrogens is 3. The minimum Gasteiger partial charge on any atom is -0.375 e. The van der Waals surface area contributed by atoms with Gasteiger partial charge in [-0.1, -0.05) is 22.9 Å². The van der Waals surface area contributed by atoms with E-state index in [0.717, 1.165) is 24.3 Å². The molecule has 0 amide bonds. The van der Waals surface area contributed by atoms with Gasteiger partial charge < -0.3 is 16.4 Å². The van der Waals surface area contributed by atoms with Gasteiger partial charge in [-0.2, -0.15) is 0 Å². The fraction of sp³-hybridized carbons (Fsp3) is 0.211. The molecule has 10 heteroatoms. The molecule has 0 radical (unpaired) electrons. The van der Waals surface area contributed by atoms with Gasteiger partial charge in [0.25, 0.3) is 0 Å². The van der Waals surface area contributed by atoms with Crippen LogP contribution in [0.1, 0.15) is 6.42 Å². The lowest BCUT2D eigenvalue weighted by atomic mass is 10.0. The molecule has 5 rings (SSSR count). The van der Waals surface area contributed by atoms with E-state index in [4.69, 9.17) is 23.1 Å². The summed E-state index contributed by atoms with van der Waals surface area (Å²) in [6.07, 6.45) is 2.15. The number of nitrogens with two attached hydrogens (primary N) is 2. The van der Waals surface area contributed by atoms with Gasteiger partial charge >= 0.3 is 0 Å². The lowest BCUT2D eigenvalue weighted by molar-refractivity contribution is 0.638. The molecule has 2 aromatic heterocycles. The molecule has 1 aliphatic rings. The van der Waals surface area contributed by atoms with Gasteiger partial charge in [-0.05, 0) is 24.6 Å². The first-order valence-electron chi connectivity index (χ1n) is 8.92. The minimum atomic E-state index is -0.612. The molecule has 2 aromatic carbocycles. The highest BCUT2D eigenvalue weighted by Gasteiger charge is 2.26. The van der Waals surface area contributed by atoms with Gasteiger partial charge in [0.1, 0.15) is 23.5 Å². The molecule has 0 saturated carbocycles. The van der Waals surface area contributed by atoms with E-state index in [1.807, 2.05) is 4.90 Å². The normalized spacial score (nSPS) is 17.0. The van der Waals surface area contributed by atoms with Crippen molar-refractivity contribution in [2.75, 3.05) is 23.7 Å². The molecule has 0 aliphatic carbocycles. The van der Waals surface area contributed by atoms with Gasteiger partial charge in [0.05, 0.1) is 15.2 Å². The minimum absolute atomic E-state index is 0.0437. The van der Waals surface area contributed by atoms with E-state index in [1.165, 1.54) is 18.5 Å². The lowest BCUT2D eigenvalue weighted by Crippen LogP contribution is -2.27. The highest BCUT2D eigenvalue weighted by atomic mass is 35.5. The molecule has 0 unspecified atom stereocenters. The molecule has 1 aliphatic heterocycles. The average molecular weight is 433 g/mol. The summed E-state index contributed by atoms with van der Waals surface area (Å²) in [5.74, 6) is -0.484. The molecule has 1 saturated heterocycles. The molecule has 29 heavy (non-hydrogen) atoms. The number of fused-ring (bicyclic) bond motifs is 2. The maximum Gasteiger partial charge on any atom is 0.181 e. The lowest BCUT2D eigenvalue weighted by Gasteiger charge is -2.19. The Morgan fingerprint density at radius 3 is 2.79 bits per heavy atom. The number of rotatable bonds is 2. The molecule has 148 valence electrons. The molecular formula is C19H15ClF2N6S. The molecule has 4 aromatic rings. The number of benzene rings is 2. The van der Waals surface area contributed by atoms with Crippen molar-refractivity contribution in [1.29, 1.82) is 0 Å². The van der Waals surface area contributed by atoms with Crippen molar-refractivity contribution in [3.8, 4) is 11.1 Å². The van der Waals surface area contributed by atoms with Crippen molar-refractivity contribution in [3.05, 3.63) is 41.2 Å². The zero-order valence-electron chi connectivity index (χ0n) is 15.0. The van der Waals surface area contributed by atoms with Crippen LogP contribution in [-0.4, -0.2) is 34.1 Å². The molecule has 1 fully saturated rings. The van der Waals surface area contributed by atoms with Gasteiger partial charge in [-0.3, -0.25) is 0 Å². The van der Waals surface area contributed by atoms with Crippen LogP contribution in [0.4, 0.5) is 19.7 Å². The summed E-state index contributed by atoms with van der Waals surface area (Å²) in [7, 11) is 0. The Morgan fingerprint density at radius 1 is 1.21 bits per heavy atom. The molecule has 4 N–H and O–H groups in total. The summed E-state index contributed by atoms with van der Waals surface area (Å²) in [5.41, 5.74) is 12.6. The Bertz CT molecular complexity index is 1280. The molecule has 6 nitrogen and oxygen atoms in total. The van der Waals surface area contributed by atoms with Crippen LogP contribution in [-0.2, 0) is 0 Å². The number of thiazole rings is 1. The largest absolute Gasteiger partial charge is 0.375 e. The number of hydrogen-bond acceptors (Lipinski definition) is 7. The molecule has 1 atom stereocenters. The van der Waals surface area contributed by atoms with Crippen LogP contribution in [0.25, 0.3) is 32.2 Å². The van der Waals surface area contributed by atoms with Crippen molar-refractivity contribution in [2.45, 2.75) is 12.5 Å². The summed E-state index contributed by atoms with van der Waals surface area (Å²) in [4.78, 5) is 14.7. The second-order valence-electron chi connectivity index (χ2n) is 6.96. The SMILES string of the molecule is Nc1nc2c(-c3c(Cl)cc4c(N5CC[C@H](N)C5)ncnc4c3F)ccc(F)c2s1. The maximum atomic E-state index is 15.6. The first-order valence-corrected chi connectivity index (χ1v) is 10.1. The summed E-state index contributed by atoms with van der Waals surface area (Å²) in [6.45, 7) is 1.36. The van der Waals surface area contributed by atoms with Crippen molar-refractivity contribution in [3.63, 3.8) is 0 Å². The summed E-state index contributed by atoms with van der Waals surface area (Å²) < 4.78 is 30.0. The Hall–Kier alpha value is -2.62.